The molecule has 3 N–H and O–H groups in total. The van der Waals surface area contributed by atoms with Crippen molar-refractivity contribution < 1.29 is 9.90 Å². The van der Waals surface area contributed by atoms with Crippen LogP contribution in [0.25, 0.3) is 5.69 Å². The van der Waals surface area contributed by atoms with Gasteiger partial charge in [-0.15, -0.1) is 0 Å². The number of nitrogens with zero attached hydrogens (tertiary/aromatic N) is 2. The van der Waals surface area contributed by atoms with Crippen molar-refractivity contribution in [2.24, 2.45) is 23.2 Å². The summed E-state index contributed by atoms with van der Waals surface area (Å²) >= 11 is 3.51. The molecular weight excluding hydrogens is 532 g/mol. The molecule has 1 amide bonds. The Labute approximate surface area is 227 Å². The number of carbonyl (C=O) groups is 1. The minimum Gasteiger partial charge on any atom is -0.388 e. The molecule has 0 aliphatic heterocycles. The van der Waals surface area contributed by atoms with Gasteiger partial charge in [-0.25, -0.2) is 0 Å². The number of rotatable bonds is 6. The second-order valence-electron chi connectivity index (χ2n) is 12.2. The summed E-state index contributed by atoms with van der Waals surface area (Å²) in [5.41, 5.74) is 1.15. The Bertz CT molecular complexity index is 1200. The molecule has 6 rings (SSSR count). The fourth-order valence-corrected chi connectivity index (χ4v) is 7.31. The van der Waals surface area contributed by atoms with Gasteiger partial charge < -0.3 is 15.7 Å². The lowest BCUT2D eigenvalue weighted by Gasteiger charge is -2.62. The average Bonchev–Trinajstić information content (AvgIpc) is 3.11. The zero-order valence-electron chi connectivity index (χ0n) is 22.1. The summed E-state index contributed by atoms with van der Waals surface area (Å²) in [5, 5.41) is 21.7. The first-order valence-corrected chi connectivity index (χ1v) is 14.5. The van der Waals surface area contributed by atoms with Crippen molar-refractivity contribution in [1.29, 1.82) is 0 Å². The van der Waals surface area contributed by atoms with Crippen LogP contribution >= 0.6 is 15.9 Å². The van der Waals surface area contributed by atoms with Crippen LogP contribution in [0, 0.1) is 23.2 Å². The number of aromatic nitrogens is 2. The molecule has 4 atom stereocenters. The quantitative estimate of drug-likeness (QED) is 0.410. The number of hydrogen-bond donors (Lipinski definition) is 3. The number of amides is 1. The van der Waals surface area contributed by atoms with E-state index in [1.54, 1.807) is 30.5 Å². The van der Waals surface area contributed by atoms with Gasteiger partial charge in [0.2, 0.25) is 0 Å². The molecule has 4 saturated carbocycles. The first-order valence-electron chi connectivity index (χ1n) is 13.7. The second-order valence-corrected chi connectivity index (χ2v) is 13.0. The van der Waals surface area contributed by atoms with Crippen LogP contribution in [0.2, 0.25) is 0 Å². The van der Waals surface area contributed by atoms with Crippen molar-refractivity contribution in [3.8, 4) is 5.69 Å². The van der Waals surface area contributed by atoms with Gasteiger partial charge in [0, 0.05) is 18.2 Å². The van der Waals surface area contributed by atoms with E-state index in [1.807, 2.05) is 0 Å². The number of anilines is 1. The summed E-state index contributed by atoms with van der Waals surface area (Å²) in [4.78, 5) is 25.8. The molecule has 7 nitrogen and oxygen atoms in total. The zero-order chi connectivity index (χ0) is 26.4. The monoisotopic (exact) mass is 570 g/mol. The van der Waals surface area contributed by atoms with E-state index in [2.05, 4.69) is 52.4 Å². The van der Waals surface area contributed by atoms with Crippen LogP contribution in [-0.2, 0) is 0 Å². The smallest absolute Gasteiger partial charge is 0.287 e. The van der Waals surface area contributed by atoms with Gasteiger partial charge in [-0.05, 0) is 89.0 Å². The highest BCUT2D eigenvalue weighted by molar-refractivity contribution is 9.10. The third-order valence-corrected chi connectivity index (χ3v) is 10.4. The number of halogens is 1. The number of nitrogens with one attached hydrogen (secondary N) is 2. The molecule has 2 bridgehead atoms. The van der Waals surface area contributed by atoms with Crippen LogP contribution in [0.1, 0.15) is 82.5 Å². The molecule has 2 aromatic rings. The van der Waals surface area contributed by atoms with Crippen molar-refractivity contribution >= 4 is 27.5 Å². The van der Waals surface area contributed by atoms with E-state index in [-0.39, 0.29) is 18.0 Å². The van der Waals surface area contributed by atoms with Gasteiger partial charge in [0.05, 0.1) is 23.2 Å². The van der Waals surface area contributed by atoms with Crippen LogP contribution in [0.3, 0.4) is 0 Å². The number of benzene rings is 1. The summed E-state index contributed by atoms with van der Waals surface area (Å²) in [7, 11) is 0. The molecule has 0 unspecified atom stereocenters. The Morgan fingerprint density at radius 3 is 2.43 bits per heavy atom. The topological polar surface area (TPSA) is 96.2 Å². The number of fused-ring (bicyclic) bond motifs is 2. The maximum absolute atomic E-state index is 13.2. The van der Waals surface area contributed by atoms with E-state index in [0.717, 1.165) is 56.6 Å². The Morgan fingerprint density at radius 2 is 1.81 bits per heavy atom. The van der Waals surface area contributed by atoms with Crippen molar-refractivity contribution in [2.45, 2.75) is 83.8 Å². The summed E-state index contributed by atoms with van der Waals surface area (Å²) in [6.45, 7) is 7.34. The zero-order valence-corrected chi connectivity index (χ0v) is 23.7. The molecule has 200 valence electrons. The molecule has 1 heterocycles. The predicted octanol–water partition coefficient (Wildman–Crippen LogP) is 5.29. The van der Waals surface area contributed by atoms with Gasteiger partial charge >= 0.3 is 0 Å². The summed E-state index contributed by atoms with van der Waals surface area (Å²) in [5.74, 6) is 1.75. The number of aliphatic hydroxyl groups is 1. The Hall–Kier alpha value is -2.19. The minimum absolute atomic E-state index is 0.229. The molecular formula is C29H39BrN4O3. The third-order valence-electron chi connectivity index (χ3n) is 9.60. The molecule has 4 aliphatic rings. The van der Waals surface area contributed by atoms with Crippen molar-refractivity contribution in [3.05, 3.63) is 50.9 Å². The highest BCUT2D eigenvalue weighted by Gasteiger charge is 2.56. The van der Waals surface area contributed by atoms with Gasteiger partial charge in [0.25, 0.3) is 11.5 Å². The number of carbonyl (C=O) groups excluding carboxylic acids is 1. The summed E-state index contributed by atoms with van der Waals surface area (Å²) < 4.78 is 1.81. The molecule has 37 heavy (non-hydrogen) atoms. The fraction of sp³-hybridized carbons (Fsp3) is 0.621. The van der Waals surface area contributed by atoms with Gasteiger partial charge in [0.1, 0.15) is 4.47 Å². The molecule has 4 fully saturated rings. The first-order chi connectivity index (χ1) is 17.6. The first kappa shape index (κ1) is 26.4. The van der Waals surface area contributed by atoms with Gasteiger partial charge in [-0.2, -0.15) is 9.78 Å². The number of hydrogen-bond acceptors (Lipinski definition) is 5. The van der Waals surface area contributed by atoms with Gasteiger partial charge in [0.15, 0.2) is 0 Å². The highest BCUT2D eigenvalue weighted by atomic mass is 79.9. The van der Waals surface area contributed by atoms with Crippen LogP contribution in [0.15, 0.2) is 39.7 Å². The standard InChI is InChI=1S/C29H39BrN4O3/c1-18-22-14-20(28(22,2)3)15-23(18)33-24-16-32-34(27(36)25(24)30)21-10-8-19(9-11-21)26(35)31-17-29(37)12-6-4-5-7-13-29/h8-11,16,18,20,22-23,33,37H,4-7,12-15,17H2,1-3H3,(H,31,35)/t18-,20+,22+,23+/m0/s1. The van der Waals surface area contributed by atoms with E-state index in [4.69, 9.17) is 0 Å². The lowest BCUT2D eigenvalue weighted by molar-refractivity contribution is -0.105. The lowest BCUT2D eigenvalue weighted by Crippen LogP contribution is -2.58. The Morgan fingerprint density at radius 1 is 1.14 bits per heavy atom. The SMILES string of the molecule is C[C@H]1[C@H]2C[C@H](C[C@H]1Nc1cnn(-c3ccc(C(=O)NCC4(O)CCCCCC4)cc3)c(=O)c1Br)C2(C)C. The molecule has 1 aromatic heterocycles. The maximum Gasteiger partial charge on any atom is 0.287 e. The van der Waals surface area contributed by atoms with Crippen molar-refractivity contribution in [3.63, 3.8) is 0 Å². The van der Waals surface area contributed by atoms with E-state index in [0.29, 0.717) is 39.0 Å². The summed E-state index contributed by atoms with van der Waals surface area (Å²) in [6, 6.07) is 7.16. The second kappa shape index (κ2) is 10.2. The maximum atomic E-state index is 13.2. The van der Waals surface area contributed by atoms with E-state index in [1.165, 1.54) is 11.1 Å². The van der Waals surface area contributed by atoms with Gasteiger partial charge in [-0.3, -0.25) is 9.59 Å². The molecule has 0 saturated heterocycles. The normalized spacial score (nSPS) is 28.0. The van der Waals surface area contributed by atoms with E-state index in [9.17, 15) is 14.7 Å². The van der Waals surface area contributed by atoms with Crippen LogP contribution in [0.5, 0.6) is 0 Å². The minimum atomic E-state index is -0.822. The van der Waals surface area contributed by atoms with Crippen LogP contribution in [-0.4, -0.2) is 39.0 Å². The molecule has 8 heteroatoms. The van der Waals surface area contributed by atoms with Crippen LogP contribution in [0.4, 0.5) is 5.69 Å². The Balaban J connectivity index is 1.24. The molecule has 0 spiro atoms. The predicted molar refractivity (Wildman–Crippen MR) is 149 cm³/mol. The molecule has 0 radical (unpaired) electrons. The fourth-order valence-electron chi connectivity index (χ4n) is 6.92. The van der Waals surface area contributed by atoms with Crippen molar-refractivity contribution in [1.82, 2.24) is 15.1 Å². The summed E-state index contributed by atoms with van der Waals surface area (Å²) in [6.07, 6.45) is 9.82. The molecule has 1 aromatic carbocycles. The van der Waals surface area contributed by atoms with Crippen molar-refractivity contribution in [2.75, 3.05) is 11.9 Å². The highest BCUT2D eigenvalue weighted by Crippen LogP contribution is 2.61. The third kappa shape index (κ3) is 5.11. The van der Waals surface area contributed by atoms with E-state index < -0.39 is 5.60 Å². The van der Waals surface area contributed by atoms with Gasteiger partial charge in [-0.1, -0.05) is 46.5 Å². The van der Waals surface area contributed by atoms with E-state index >= 15 is 0 Å². The lowest BCUT2D eigenvalue weighted by atomic mass is 9.45. The van der Waals surface area contributed by atoms with Crippen LogP contribution < -0.4 is 16.2 Å². The Kier molecular flexibility index (Phi) is 7.26. The average molecular weight is 572 g/mol. The largest absolute Gasteiger partial charge is 0.388 e. The molecule has 4 aliphatic carbocycles.